The van der Waals surface area contributed by atoms with Crippen LogP contribution in [0.3, 0.4) is 0 Å². The highest BCUT2D eigenvalue weighted by Gasteiger charge is 2.45. The number of rotatable bonds is 6. The average molecular weight is 523 g/mol. The summed E-state index contributed by atoms with van der Waals surface area (Å²) in [5, 5.41) is 3.05. The number of fused-ring (bicyclic) bond motifs is 2. The zero-order valence-electron chi connectivity index (χ0n) is 21.4. The van der Waals surface area contributed by atoms with Crippen LogP contribution in [0.15, 0.2) is 91.0 Å². The molecule has 4 aromatic rings. The Bertz CT molecular complexity index is 1530. The zero-order chi connectivity index (χ0) is 26.9. The third kappa shape index (κ3) is 4.40. The van der Waals surface area contributed by atoms with Gasteiger partial charge in [0.15, 0.2) is 11.5 Å². The molecule has 0 saturated heterocycles. The molecule has 8 heteroatoms. The van der Waals surface area contributed by atoms with E-state index in [0.29, 0.717) is 45.5 Å². The van der Waals surface area contributed by atoms with Crippen molar-refractivity contribution in [3.8, 4) is 23.0 Å². The van der Waals surface area contributed by atoms with Crippen LogP contribution in [-0.4, -0.2) is 32.8 Å². The van der Waals surface area contributed by atoms with Crippen molar-refractivity contribution in [1.82, 2.24) is 0 Å². The summed E-state index contributed by atoms with van der Waals surface area (Å²) in [4.78, 5) is 29.9. The number of nitrogens with zero attached hydrogens (tertiary/aromatic N) is 1. The number of anilines is 2. The van der Waals surface area contributed by atoms with E-state index < -0.39 is 12.0 Å². The Kier molecular flexibility index (Phi) is 6.28. The fourth-order valence-electron chi connectivity index (χ4n) is 5.18. The van der Waals surface area contributed by atoms with Gasteiger partial charge < -0.3 is 24.3 Å². The van der Waals surface area contributed by atoms with Crippen LogP contribution in [0.4, 0.5) is 11.4 Å². The number of nitrogens with one attached hydrogen (secondary N) is 1. The molecule has 1 N–H and O–H groups in total. The largest absolute Gasteiger partial charge is 0.497 e. The highest BCUT2D eigenvalue weighted by molar-refractivity contribution is 6.12. The first-order valence-corrected chi connectivity index (χ1v) is 12.5. The topological polar surface area (TPSA) is 86.3 Å². The summed E-state index contributed by atoms with van der Waals surface area (Å²) in [5.74, 6) is 1.37. The molecule has 0 spiro atoms. The van der Waals surface area contributed by atoms with E-state index in [2.05, 4.69) is 5.32 Å². The van der Waals surface area contributed by atoms with Crippen LogP contribution in [0.5, 0.6) is 23.0 Å². The van der Waals surface area contributed by atoms with Gasteiger partial charge in [0.2, 0.25) is 12.7 Å². The molecule has 2 aliphatic heterocycles. The lowest BCUT2D eigenvalue weighted by Gasteiger charge is -2.42. The van der Waals surface area contributed by atoms with Gasteiger partial charge in [0.1, 0.15) is 11.5 Å². The van der Waals surface area contributed by atoms with Crippen LogP contribution in [-0.2, 0) is 4.79 Å². The van der Waals surface area contributed by atoms with Gasteiger partial charge in [-0.3, -0.25) is 14.5 Å². The first kappa shape index (κ1) is 24.4. The second kappa shape index (κ2) is 10.1. The standard InChI is InChI=1S/C31H26N2O6/c1-36-22-12-7-19(8-13-22)29-28(30(34)32-20-9-16-26-27(17-20)39-18-38-26)24-5-3-4-6-25(24)31(35)33(29)21-10-14-23(37-2)15-11-21/h3-17,28-29H,18H2,1-2H3,(H,32,34)/t28-,29-/m1/s1. The summed E-state index contributed by atoms with van der Waals surface area (Å²) in [6.45, 7) is 0.140. The van der Waals surface area contributed by atoms with Crippen molar-refractivity contribution in [2.24, 2.45) is 0 Å². The van der Waals surface area contributed by atoms with E-state index in [1.165, 1.54) is 0 Å². The molecule has 196 valence electrons. The third-order valence-corrected chi connectivity index (χ3v) is 7.07. The van der Waals surface area contributed by atoms with Crippen LogP contribution >= 0.6 is 0 Å². The van der Waals surface area contributed by atoms with Crippen molar-refractivity contribution in [2.45, 2.75) is 12.0 Å². The zero-order valence-corrected chi connectivity index (χ0v) is 21.4. The van der Waals surface area contributed by atoms with E-state index in [4.69, 9.17) is 18.9 Å². The van der Waals surface area contributed by atoms with Gasteiger partial charge in [-0.25, -0.2) is 0 Å². The van der Waals surface area contributed by atoms with Gasteiger partial charge in [-0.05, 0) is 65.7 Å². The van der Waals surface area contributed by atoms with Gasteiger partial charge in [-0.15, -0.1) is 0 Å². The number of carbonyl (C=O) groups excluding carboxylic acids is 2. The van der Waals surface area contributed by atoms with Gasteiger partial charge in [-0.2, -0.15) is 0 Å². The SMILES string of the molecule is COc1ccc([C@@H]2[C@H](C(=O)Nc3ccc4c(c3)OCO4)c3ccccc3C(=O)N2c2ccc(OC)cc2)cc1. The maximum Gasteiger partial charge on any atom is 0.259 e. The first-order valence-electron chi connectivity index (χ1n) is 12.5. The van der Waals surface area contributed by atoms with E-state index >= 15 is 0 Å². The summed E-state index contributed by atoms with van der Waals surface area (Å²) in [6, 6.07) is 26.6. The Morgan fingerprint density at radius 2 is 1.51 bits per heavy atom. The molecule has 0 unspecified atom stereocenters. The van der Waals surface area contributed by atoms with E-state index in [-0.39, 0.29) is 18.6 Å². The quantitative estimate of drug-likeness (QED) is 0.357. The number of hydrogen-bond donors (Lipinski definition) is 1. The van der Waals surface area contributed by atoms with E-state index in [9.17, 15) is 9.59 Å². The molecule has 0 aromatic heterocycles. The Morgan fingerprint density at radius 3 is 2.23 bits per heavy atom. The minimum atomic E-state index is -0.722. The molecule has 2 atom stereocenters. The van der Waals surface area contributed by atoms with Gasteiger partial charge in [0.05, 0.1) is 26.2 Å². The predicted molar refractivity (Wildman–Crippen MR) is 146 cm³/mol. The maximum absolute atomic E-state index is 14.2. The minimum Gasteiger partial charge on any atom is -0.497 e. The summed E-state index contributed by atoms with van der Waals surface area (Å²) in [6.07, 6.45) is 0. The molecule has 2 aliphatic rings. The van der Waals surface area contributed by atoms with Crippen molar-refractivity contribution in [1.29, 1.82) is 0 Å². The van der Waals surface area contributed by atoms with Crippen LogP contribution in [0.1, 0.15) is 33.4 Å². The lowest BCUT2D eigenvalue weighted by molar-refractivity contribution is -0.118. The summed E-state index contributed by atoms with van der Waals surface area (Å²) in [5.41, 5.74) is 3.15. The molecule has 2 amide bonds. The van der Waals surface area contributed by atoms with Crippen LogP contribution in [0, 0.1) is 0 Å². The van der Waals surface area contributed by atoms with Gasteiger partial charge in [0, 0.05) is 23.0 Å². The monoisotopic (exact) mass is 522 g/mol. The molecule has 0 fully saturated rings. The third-order valence-electron chi connectivity index (χ3n) is 7.07. The first-order chi connectivity index (χ1) is 19.1. The van der Waals surface area contributed by atoms with Gasteiger partial charge >= 0.3 is 0 Å². The normalized spacial score (nSPS) is 17.4. The predicted octanol–water partition coefficient (Wildman–Crippen LogP) is 5.56. The van der Waals surface area contributed by atoms with Crippen LogP contribution in [0.2, 0.25) is 0 Å². The van der Waals surface area contributed by atoms with E-state index in [1.807, 2.05) is 54.6 Å². The molecule has 0 bridgehead atoms. The molecule has 6 rings (SSSR count). The molecule has 8 nitrogen and oxygen atoms in total. The van der Waals surface area contributed by atoms with Gasteiger partial charge in [0.25, 0.3) is 5.91 Å². The van der Waals surface area contributed by atoms with E-state index in [1.54, 1.807) is 55.5 Å². The summed E-state index contributed by atoms with van der Waals surface area (Å²) < 4.78 is 21.6. The van der Waals surface area contributed by atoms with E-state index in [0.717, 1.165) is 5.56 Å². The number of benzene rings is 4. The van der Waals surface area contributed by atoms with Crippen molar-refractivity contribution < 1.29 is 28.5 Å². The summed E-state index contributed by atoms with van der Waals surface area (Å²) in [7, 11) is 3.19. The highest BCUT2D eigenvalue weighted by atomic mass is 16.7. The Hall–Kier alpha value is -4.98. The second-order valence-corrected chi connectivity index (χ2v) is 9.21. The van der Waals surface area contributed by atoms with Crippen molar-refractivity contribution in [2.75, 3.05) is 31.2 Å². The Balaban J connectivity index is 1.48. The number of hydrogen-bond acceptors (Lipinski definition) is 6. The van der Waals surface area contributed by atoms with Crippen molar-refractivity contribution in [3.63, 3.8) is 0 Å². The smallest absolute Gasteiger partial charge is 0.259 e. The fourth-order valence-corrected chi connectivity index (χ4v) is 5.18. The number of amides is 2. The number of carbonyl (C=O) groups is 2. The molecule has 39 heavy (non-hydrogen) atoms. The number of ether oxygens (including phenoxy) is 4. The molecular formula is C31H26N2O6. The fraction of sp³-hybridized carbons (Fsp3) is 0.161. The molecule has 4 aromatic carbocycles. The molecular weight excluding hydrogens is 496 g/mol. The van der Waals surface area contributed by atoms with Crippen molar-refractivity contribution in [3.05, 3.63) is 108 Å². The Morgan fingerprint density at radius 1 is 0.846 bits per heavy atom. The van der Waals surface area contributed by atoms with Crippen LogP contribution in [0.25, 0.3) is 0 Å². The maximum atomic E-state index is 14.2. The molecule has 0 radical (unpaired) electrons. The molecule has 0 saturated carbocycles. The molecule has 0 aliphatic carbocycles. The summed E-state index contributed by atoms with van der Waals surface area (Å²) >= 11 is 0. The lowest BCUT2D eigenvalue weighted by atomic mass is 9.78. The second-order valence-electron chi connectivity index (χ2n) is 9.21. The molecule has 2 heterocycles. The lowest BCUT2D eigenvalue weighted by Crippen LogP contribution is -2.46. The Labute approximate surface area is 225 Å². The van der Waals surface area contributed by atoms with Crippen molar-refractivity contribution >= 4 is 23.2 Å². The highest BCUT2D eigenvalue weighted by Crippen LogP contribution is 2.46. The minimum absolute atomic E-state index is 0.140. The van der Waals surface area contributed by atoms with Crippen LogP contribution < -0.4 is 29.2 Å². The number of methoxy groups -OCH3 is 2. The van der Waals surface area contributed by atoms with Gasteiger partial charge in [-0.1, -0.05) is 30.3 Å². The average Bonchev–Trinajstić information content (AvgIpc) is 3.45.